The molecule has 0 heterocycles. The number of hydrogen-bond donors (Lipinski definition) is 1. The third kappa shape index (κ3) is 3.80. The van der Waals surface area contributed by atoms with E-state index in [-0.39, 0.29) is 24.0 Å². The summed E-state index contributed by atoms with van der Waals surface area (Å²) in [7, 11) is 0. The lowest BCUT2D eigenvalue weighted by Gasteiger charge is -2.14. The van der Waals surface area contributed by atoms with Crippen molar-refractivity contribution in [3.8, 4) is 0 Å². The first-order valence-electron chi connectivity index (χ1n) is 6.04. The van der Waals surface area contributed by atoms with Crippen molar-refractivity contribution in [3.63, 3.8) is 0 Å². The van der Waals surface area contributed by atoms with Gasteiger partial charge in [0.1, 0.15) is 5.78 Å². The first kappa shape index (κ1) is 12.9. The van der Waals surface area contributed by atoms with E-state index < -0.39 is 5.97 Å². The molecule has 0 unspecified atom stereocenters. The molecule has 0 spiro atoms. The number of carbonyl (C=O) groups is 2. The predicted molar refractivity (Wildman–Crippen MR) is 62.1 cm³/mol. The molecule has 0 aromatic carbocycles. The molecule has 0 aliphatic heterocycles. The molecule has 1 aliphatic rings. The quantitative estimate of drug-likeness (QED) is 0.706. The molecule has 1 fully saturated rings. The van der Waals surface area contributed by atoms with Crippen LogP contribution in [0.4, 0.5) is 0 Å². The number of Topliss-reactive ketones (excluding diaryl/α,β-unsaturated/α-hetero) is 1. The third-order valence-electron chi connectivity index (χ3n) is 3.19. The highest BCUT2D eigenvalue weighted by atomic mass is 16.4. The van der Waals surface area contributed by atoms with Gasteiger partial charge in [0.15, 0.2) is 0 Å². The molecule has 1 aliphatic carbocycles. The molecule has 90 valence electrons. The molecule has 0 radical (unpaired) electrons. The largest absolute Gasteiger partial charge is 0.481 e. The van der Waals surface area contributed by atoms with Crippen molar-refractivity contribution < 1.29 is 14.7 Å². The molecule has 2 atom stereocenters. The van der Waals surface area contributed by atoms with Crippen molar-refractivity contribution in [3.05, 3.63) is 12.2 Å². The lowest BCUT2D eigenvalue weighted by atomic mass is 9.89. The van der Waals surface area contributed by atoms with Gasteiger partial charge in [-0.3, -0.25) is 9.59 Å². The van der Waals surface area contributed by atoms with Crippen LogP contribution in [-0.2, 0) is 9.59 Å². The Balaban J connectivity index is 2.46. The fourth-order valence-electron chi connectivity index (χ4n) is 2.30. The smallest absolute Gasteiger partial charge is 0.303 e. The minimum atomic E-state index is -0.790. The van der Waals surface area contributed by atoms with Crippen molar-refractivity contribution in [1.29, 1.82) is 0 Å². The molecule has 0 saturated heterocycles. The maximum atomic E-state index is 11.6. The first-order valence-corrected chi connectivity index (χ1v) is 6.04. The van der Waals surface area contributed by atoms with Crippen molar-refractivity contribution in [1.82, 2.24) is 0 Å². The van der Waals surface area contributed by atoms with Crippen LogP contribution in [0.3, 0.4) is 0 Å². The Morgan fingerprint density at radius 1 is 1.50 bits per heavy atom. The fourth-order valence-corrected chi connectivity index (χ4v) is 2.30. The Morgan fingerprint density at radius 2 is 2.25 bits per heavy atom. The van der Waals surface area contributed by atoms with E-state index in [0.29, 0.717) is 6.42 Å². The maximum absolute atomic E-state index is 11.6. The van der Waals surface area contributed by atoms with Gasteiger partial charge >= 0.3 is 5.97 Å². The van der Waals surface area contributed by atoms with Crippen molar-refractivity contribution in [2.24, 2.45) is 11.8 Å². The monoisotopic (exact) mass is 224 g/mol. The van der Waals surface area contributed by atoms with Crippen LogP contribution in [-0.4, -0.2) is 16.9 Å². The second-order valence-electron chi connectivity index (χ2n) is 4.47. The number of carbonyl (C=O) groups excluding carboxylic acids is 1. The van der Waals surface area contributed by atoms with Gasteiger partial charge in [0.25, 0.3) is 0 Å². The van der Waals surface area contributed by atoms with Gasteiger partial charge in [0, 0.05) is 18.8 Å². The second-order valence-corrected chi connectivity index (χ2v) is 4.47. The Kier molecular flexibility index (Phi) is 5.23. The zero-order valence-electron chi connectivity index (χ0n) is 9.82. The summed E-state index contributed by atoms with van der Waals surface area (Å²) in [6, 6.07) is 0. The molecular formula is C13H20O3. The lowest BCUT2D eigenvalue weighted by Crippen LogP contribution is -2.17. The van der Waals surface area contributed by atoms with Crippen LogP contribution in [0.25, 0.3) is 0 Å². The molecule has 1 rings (SSSR count). The zero-order chi connectivity index (χ0) is 12.0. The summed E-state index contributed by atoms with van der Waals surface area (Å²) in [5.41, 5.74) is 0. The van der Waals surface area contributed by atoms with Crippen molar-refractivity contribution in [2.75, 3.05) is 0 Å². The number of rotatable bonds is 6. The van der Waals surface area contributed by atoms with Gasteiger partial charge < -0.3 is 5.11 Å². The number of carboxylic acids is 1. The average molecular weight is 224 g/mol. The molecule has 3 heteroatoms. The zero-order valence-corrected chi connectivity index (χ0v) is 9.82. The number of ketones is 1. The Bertz CT molecular complexity index is 281. The van der Waals surface area contributed by atoms with E-state index in [1.807, 2.05) is 6.08 Å². The summed E-state index contributed by atoms with van der Waals surface area (Å²) in [6.07, 6.45) is 8.42. The van der Waals surface area contributed by atoms with E-state index in [1.165, 1.54) is 0 Å². The minimum absolute atomic E-state index is 0.0517. The van der Waals surface area contributed by atoms with Crippen molar-refractivity contribution in [2.45, 2.75) is 45.4 Å². The minimum Gasteiger partial charge on any atom is -0.481 e. The molecule has 16 heavy (non-hydrogen) atoms. The number of allylic oxidation sites excluding steroid dienone is 2. The number of hydrogen-bond acceptors (Lipinski definition) is 2. The molecular weight excluding hydrogens is 204 g/mol. The highest BCUT2D eigenvalue weighted by molar-refractivity contribution is 5.84. The summed E-state index contributed by atoms with van der Waals surface area (Å²) in [5.74, 6) is -0.546. The van der Waals surface area contributed by atoms with Crippen LogP contribution >= 0.6 is 0 Å². The van der Waals surface area contributed by atoms with E-state index in [9.17, 15) is 9.59 Å². The van der Waals surface area contributed by atoms with E-state index in [4.69, 9.17) is 5.11 Å². The van der Waals surface area contributed by atoms with Gasteiger partial charge in [-0.1, -0.05) is 25.5 Å². The number of aliphatic carboxylic acids is 1. The van der Waals surface area contributed by atoms with Gasteiger partial charge in [-0.15, -0.1) is 0 Å². The van der Waals surface area contributed by atoms with Crippen LogP contribution in [0.1, 0.15) is 45.4 Å². The van der Waals surface area contributed by atoms with Crippen LogP contribution in [0, 0.1) is 11.8 Å². The maximum Gasteiger partial charge on any atom is 0.303 e. The molecule has 0 amide bonds. The number of carboxylic acid groups (broad SMARTS) is 1. The second kappa shape index (κ2) is 6.46. The summed E-state index contributed by atoms with van der Waals surface area (Å²) in [5, 5.41) is 8.76. The van der Waals surface area contributed by atoms with Crippen LogP contribution in [0.5, 0.6) is 0 Å². The summed E-state index contributed by atoms with van der Waals surface area (Å²) in [6.45, 7) is 2.11. The Morgan fingerprint density at radius 3 is 2.88 bits per heavy atom. The molecule has 0 aromatic rings. The number of unbranched alkanes of at least 4 members (excludes halogenated alkanes) is 1. The first-order chi connectivity index (χ1) is 7.65. The molecule has 0 aromatic heterocycles. The summed E-state index contributed by atoms with van der Waals surface area (Å²) >= 11 is 0. The fraction of sp³-hybridized carbons (Fsp3) is 0.692. The summed E-state index contributed by atoms with van der Waals surface area (Å²) in [4.78, 5) is 22.3. The third-order valence-corrected chi connectivity index (χ3v) is 3.19. The van der Waals surface area contributed by atoms with Crippen LogP contribution in [0.15, 0.2) is 12.2 Å². The van der Waals surface area contributed by atoms with E-state index >= 15 is 0 Å². The molecule has 0 bridgehead atoms. The van der Waals surface area contributed by atoms with Gasteiger partial charge in [-0.2, -0.15) is 0 Å². The normalized spacial score (nSPS) is 25.4. The van der Waals surface area contributed by atoms with E-state index in [2.05, 4.69) is 13.0 Å². The van der Waals surface area contributed by atoms with E-state index in [0.717, 1.165) is 25.7 Å². The van der Waals surface area contributed by atoms with Crippen LogP contribution in [0.2, 0.25) is 0 Å². The molecule has 1 N–H and O–H groups in total. The van der Waals surface area contributed by atoms with Crippen molar-refractivity contribution >= 4 is 11.8 Å². The van der Waals surface area contributed by atoms with Gasteiger partial charge in [-0.05, 0) is 25.2 Å². The van der Waals surface area contributed by atoms with Gasteiger partial charge in [0.05, 0.1) is 0 Å². The standard InChI is InChI=1S/C13H20O3/c1-2-3-4-5-6-11-10(9-13(15)16)7-8-12(11)14/h4-5,10-11H,2-3,6-9H2,1H3,(H,15,16)/b5-4-/t10-,11-/m1/s1. The Hall–Kier alpha value is -1.12. The van der Waals surface area contributed by atoms with Crippen LogP contribution < -0.4 is 0 Å². The lowest BCUT2D eigenvalue weighted by molar-refractivity contribution is -0.138. The van der Waals surface area contributed by atoms with E-state index in [1.54, 1.807) is 0 Å². The summed E-state index contributed by atoms with van der Waals surface area (Å²) < 4.78 is 0. The molecule has 1 saturated carbocycles. The highest BCUT2D eigenvalue weighted by Crippen LogP contribution is 2.33. The Labute approximate surface area is 96.5 Å². The topological polar surface area (TPSA) is 54.4 Å². The van der Waals surface area contributed by atoms with Gasteiger partial charge in [-0.25, -0.2) is 0 Å². The highest BCUT2D eigenvalue weighted by Gasteiger charge is 2.34. The SMILES string of the molecule is CCC/C=C\C[C@H]1C(=O)CC[C@@H]1CC(=O)O. The van der Waals surface area contributed by atoms with Gasteiger partial charge in [0.2, 0.25) is 0 Å². The predicted octanol–water partition coefficient (Wildman–Crippen LogP) is 2.80. The molecule has 3 nitrogen and oxygen atoms in total. The average Bonchev–Trinajstić information content (AvgIpc) is 2.55.